The molecule has 0 bridgehead atoms. The van der Waals surface area contributed by atoms with Crippen LogP contribution in [0.4, 0.5) is 0 Å². The SMILES string of the molecule is CCNC(CO)CCN(CC(C)C)C1CCCC1. The fraction of sp³-hybridized carbons (Fsp3) is 1.00. The van der Waals surface area contributed by atoms with Gasteiger partial charge in [-0.1, -0.05) is 33.6 Å². The third-order valence-corrected chi connectivity index (χ3v) is 3.92. The molecule has 1 fully saturated rings. The summed E-state index contributed by atoms with van der Waals surface area (Å²) in [5.41, 5.74) is 0. The molecule has 0 radical (unpaired) electrons. The first-order valence-electron chi connectivity index (χ1n) is 7.75. The summed E-state index contributed by atoms with van der Waals surface area (Å²) in [5, 5.41) is 12.7. The van der Waals surface area contributed by atoms with Gasteiger partial charge in [0.15, 0.2) is 0 Å². The van der Waals surface area contributed by atoms with Crippen LogP contribution in [0.1, 0.15) is 52.9 Å². The third kappa shape index (κ3) is 5.68. The number of aliphatic hydroxyl groups is 1. The molecule has 3 heteroatoms. The summed E-state index contributed by atoms with van der Waals surface area (Å²) in [6.07, 6.45) is 6.61. The Morgan fingerprint density at radius 2 is 1.94 bits per heavy atom. The second kappa shape index (κ2) is 8.89. The molecule has 1 unspecified atom stereocenters. The molecule has 0 amide bonds. The molecule has 0 aliphatic heterocycles. The maximum atomic E-state index is 9.34. The first-order valence-corrected chi connectivity index (χ1v) is 7.75. The average Bonchev–Trinajstić information content (AvgIpc) is 2.85. The lowest BCUT2D eigenvalue weighted by atomic mass is 10.1. The van der Waals surface area contributed by atoms with Crippen molar-refractivity contribution in [2.24, 2.45) is 5.92 Å². The van der Waals surface area contributed by atoms with Gasteiger partial charge in [0.2, 0.25) is 0 Å². The van der Waals surface area contributed by atoms with Crippen LogP contribution in [0.5, 0.6) is 0 Å². The molecule has 0 heterocycles. The quantitative estimate of drug-likeness (QED) is 0.664. The van der Waals surface area contributed by atoms with Crippen LogP contribution in [0.2, 0.25) is 0 Å². The number of rotatable bonds is 9. The molecule has 0 saturated heterocycles. The van der Waals surface area contributed by atoms with E-state index < -0.39 is 0 Å². The number of nitrogens with one attached hydrogen (secondary N) is 1. The second-order valence-electron chi connectivity index (χ2n) is 6.05. The predicted molar refractivity (Wildman–Crippen MR) is 77.8 cm³/mol. The largest absolute Gasteiger partial charge is 0.395 e. The second-order valence-corrected chi connectivity index (χ2v) is 6.05. The van der Waals surface area contributed by atoms with Crippen molar-refractivity contribution in [3.8, 4) is 0 Å². The first kappa shape index (κ1) is 15.9. The van der Waals surface area contributed by atoms with Gasteiger partial charge in [-0.2, -0.15) is 0 Å². The smallest absolute Gasteiger partial charge is 0.0585 e. The zero-order valence-electron chi connectivity index (χ0n) is 12.5. The maximum Gasteiger partial charge on any atom is 0.0585 e. The molecule has 1 atom stereocenters. The minimum Gasteiger partial charge on any atom is -0.395 e. The normalized spacial score (nSPS) is 19.0. The Bertz CT molecular complexity index is 203. The van der Waals surface area contributed by atoms with Crippen LogP contribution in [0.15, 0.2) is 0 Å². The van der Waals surface area contributed by atoms with E-state index in [0.29, 0.717) is 0 Å². The van der Waals surface area contributed by atoms with E-state index >= 15 is 0 Å². The molecule has 0 spiro atoms. The van der Waals surface area contributed by atoms with Gasteiger partial charge in [-0.3, -0.25) is 0 Å². The lowest BCUT2D eigenvalue weighted by Crippen LogP contribution is -2.41. The van der Waals surface area contributed by atoms with Crippen molar-refractivity contribution in [1.82, 2.24) is 10.2 Å². The highest BCUT2D eigenvalue weighted by atomic mass is 16.3. The van der Waals surface area contributed by atoms with Crippen molar-refractivity contribution in [3.63, 3.8) is 0 Å². The van der Waals surface area contributed by atoms with E-state index in [-0.39, 0.29) is 12.6 Å². The van der Waals surface area contributed by atoms with E-state index in [9.17, 15) is 5.11 Å². The summed E-state index contributed by atoms with van der Waals surface area (Å²) < 4.78 is 0. The van der Waals surface area contributed by atoms with Gasteiger partial charge >= 0.3 is 0 Å². The Hall–Kier alpha value is -0.120. The Balaban J connectivity index is 2.39. The number of aliphatic hydroxyl groups excluding tert-OH is 1. The molecule has 108 valence electrons. The highest BCUT2D eigenvalue weighted by Crippen LogP contribution is 2.24. The number of hydrogen-bond donors (Lipinski definition) is 2. The maximum absolute atomic E-state index is 9.34. The van der Waals surface area contributed by atoms with E-state index in [1.54, 1.807) is 0 Å². The molecule has 0 aromatic rings. The minimum absolute atomic E-state index is 0.258. The van der Waals surface area contributed by atoms with Crippen molar-refractivity contribution in [2.45, 2.75) is 65.0 Å². The summed E-state index contributed by atoms with van der Waals surface area (Å²) in [6, 6.07) is 1.07. The number of nitrogens with zero attached hydrogens (tertiary/aromatic N) is 1. The zero-order valence-corrected chi connectivity index (χ0v) is 12.5. The van der Waals surface area contributed by atoms with Crippen molar-refractivity contribution >= 4 is 0 Å². The van der Waals surface area contributed by atoms with Crippen LogP contribution >= 0.6 is 0 Å². The van der Waals surface area contributed by atoms with Crippen molar-refractivity contribution in [1.29, 1.82) is 0 Å². The Morgan fingerprint density at radius 1 is 1.28 bits per heavy atom. The zero-order chi connectivity index (χ0) is 13.4. The van der Waals surface area contributed by atoms with Gasteiger partial charge in [-0.05, 0) is 31.7 Å². The van der Waals surface area contributed by atoms with E-state index in [1.165, 1.54) is 32.2 Å². The summed E-state index contributed by atoms with van der Waals surface area (Å²) >= 11 is 0. The Morgan fingerprint density at radius 3 is 2.44 bits per heavy atom. The van der Waals surface area contributed by atoms with Crippen LogP contribution in [-0.2, 0) is 0 Å². The molecule has 1 aliphatic rings. The van der Waals surface area contributed by atoms with Gasteiger partial charge in [0.1, 0.15) is 0 Å². The molecule has 3 nitrogen and oxygen atoms in total. The Kier molecular flexibility index (Phi) is 7.87. The van der Waals surface area contributed by atoms with Crippen molar-refractivity contribution in [2.75, 3.05) is 26.2 Å². The average molecular weight is 256 g/mol. The fourth-order valence-corrected chi connectivity index (χ4v) is 3.03. The van der Waals surface area contributed by atoms with E-state index in [2.05, 4.69) is 31.0 Å². The molecular weight excluding hydrogens is 224 g/mol. The van der Waals surface area contributed by atoms with Crippen LogP contribution in [0, 0.1) is 5.92 Å². The number of hydrogen-bond acceptors (Lipinski definition) is 3. The molecule has 0 aromatic heterocycles. The Labute approximate surface area is 113 Å². The van der Waals surface area contributed by atoms with Gasteiger partial charge < -0.3 is 15.3 Å². The molecule has 18 heavy (non-hydrogen) atoms. The highest BCUT2D eigenvalue weighted by Gasteiger charge is 2.23. The van der Waals surface area contributed by atoms with Gasteiger partial charge in [0.05, 0.1) is 6.61 Å². The molecule has 1 rings (SSSR count). The predicted octanol–water partition coefficient (Wildman–Crippen LogP) is 2.25. The molecule has 1 aliphatic carbocycles. The summed E-state index contributed by atoms with van der Waals surface area (Å²) in [4.78, 5) is 2.66. The summed E-state index contributed by atoms with van der Waals surface area (Å²) in [6.45, 7) is 10.2. The molecule has 0 aromatic carbocycles. The van der Waals surface area contributed by atoms with Crippen LogP contribution in [0.25, 0.3) is 0 Å². The van der Waals surface area contributed by atoms with Crippen molar-refractivity contribution < 1.29 is 5.11 Å². The van der Waals surface area contributed by atoms with Gasteiger partial charge in [0, 0.05) is 25.2 Å². The van der Waals surface area contributed by atoms with Crippen LogP contribution in [0.3, 0.4) is 0 Å². The molecule has 1 saturated carbocycles. The number of likely N-dealkylation sites (N-methyl/N-ethyl adjacent to an activating group) is 1. The molecule has 2 N–H and O–H groups in total. The minimum atomic E-state index is 0.258. The third-order valence-electron chi connectivity index (χ3n) is 3.92. The lowest BCUT2D eigenvalue weighted by Gasteiger charge is -2.31. The summed E-state index contributed by atoms with van der Waals surface area (Å²) in [5.74, 6) is 0.734. The highest BCUT2D eigenvalue weighted by molar-refractivity contribution is 4.79. The fourth-order valence-electron chi connectivity index (χ4n) is 3.03. The monoisotopic (exact) mass is 256 g/mol. The van der Waals surface area contributed by atoms with Crippen LogP contribution in [-0.4, -0.2) is 48.3 Å². The van der Waals surface area contributed by atoms with Gasteiger partial charge in [0.25, 0.3) is 0 Å². The topological polar surface area (TPSA) is 35.5 Å². The summed E-state index contributed by atoms with van der Waals surface area (Å²) in [7, 11) is 0. The van der Waals surface area contributed by atoms with Gasteiger partial charge in [-0.25, -0.2) is 0 Å². The standard InChI is InChI=1S/C15H32N2O/c1-4-16-14(12-18)9-10-17(11-13(2)3)15-7-5-6-8-15/h13-16,18H,4-12H2,1-3H3. The van der Waals surface area contributed by atoms with E-state index in [0.717, 1.165) is 31.5 Å². The first-order chi connectivity index (χ1) is 8.67. The van der Waals surface area contributed by atoms with Gasteiger partial charge in [-0.15, -0.1) is 0 Å². The van der Waals surface area contributed by atoms with E-state index in [1.807, 2.05) is 0 Å². The van der Waals surface area contributed by atoms with Crippen molar-refractivity contribution in [3.05, 3.63) is 0 Å². The molecular formula is C15H32N2O. The van der Waals surface area contributed by atoms with E-state index in [4.69, 9.17) is 0 Å². The lowest BCUT2D eigenvalue weighted by molar-refractivity contribution is 0.155. The van der Waals surface area contributed by atoms with Crippen LogP contribution < -0.4 is 5.32 Å².